The highest BCUT2D eigenvalue weighted by Gasteiger charge is 2.27. The van der Waals surface area contributed by atoms with E-state index in [1.807, 2.05) is 0 Å². The summed E-state index contributed by atoms with van der Waals surface area (Å²) in [7, 11) is 0. The van der Waals surface area contributed by atoms with Gasteiger partial charge in [-0.1, -0.05) is 76.8 Å². The molecule has 1 aliphatic heterocycles. The number of nitrogens with zero attached hydrogens (tertiary/aromatic N) is 5. The SMILES string of the molecule is Cc1ccc(CN2CN(c3nc4ccccc4s3)CN(c3nc4ccccc4s3)C2)cc1. The normalized spacial score (nSPS) is 15.2. The van der Waals surface area contributed by atoms with Crippen molar-refractivity contribution < 1.29 is 0 Å². The first-order valence-corrected chi connectivity index (χ1v) is 12.3. The number of benzene rings is 3. The third kappa shape index (κ3) is 3.83. The van der Waals surface area contributed by atoms with E-state index < -0.39 is 0 Å². The lowest BCUT2D eigenvalue weighted by atomic mass is 10.1. The summed E-state index contributed by atoms with van der Waals surface area (Å²) in [6.45, 7) is 5.49. The Hall–Kier alpha value is -3.00. The number of thiazole rings is 2. The van der Waals surface area contributed by atoms with Gasteiger partial charge in [0.15, 0.2) is 10.3 Å². The van der Waals surface area contributed by atoms with Crippen LogP contribution in [0.25, 0.3) is 20.4 Å². The Labute approximate surface area is 195 Å². The van der Waals surface area contributed by atoms with E-state index in [2.05, 4.69) is 94.4 Å². The molecule has 0 atom stereocenters. The molecular formula is C25H23N5S2. The summed E-state index contributed by atoms with van der Waals surface area (Å²) in [5.74, 6) is 0. The number of hydrogen-bond donors (Lipinski definition) is 0. The number of para-hydroxylation sites is 2. The van der Waals surface area contributed by atoms with E-state index in [4.69, 9.17) is 9.97 Å². The molecule has 1 aliphatic rings. The summed E-state index contributed by atoms with van der Waals surface area (Å²) in [4.78, 5) is 17.1. The summed E-state index contributed by atoms with van der Waals surface area (Å²) in [6, 6.07) is 25.6. The monoisotopic (exact) mass is 457 g/mol. The van der Waals surface area contributed by atoms with Crippen molar-refractivity contribution in [1.29, 1.82) is 0 Å². The Balaban J connectivity index is 1.33. The second kappa shape index (κ2) is 8.16. The van der Waals surface area contributed by atoms with Crippen LogP contribution in [0.15, 0.2) is 72.8 Å². The van der Waals surface area contributed by atoms with Gasteiger partial charge in [-0.25, -0.2) is 9.97 Å². The van der Waals surface area contributed by atoms with Gasteiger partial charge in [-0.2, -0.15) is 0 Å². The Kier molecular flexibility index (Phi) is 5.02. The molecular weight excluding hydrogens is 434 g/mol. The molecule has 0 bridgehead atoms. The smallest absolute Gasteiger partial charge is 0.188 e. The van der Waals surface area contributed by atoms with Crippen molar-refractivity contribution in [3.63, 3.8) is 0 Å². The minimum absolute atomic E-state index is 0.782. The van der Waals surface area contributed by atoms with Crippen molar-refractivity contribution in [3.8, 4) is 0 Å². The lowest BCUT2D eigenvalue weighted by Gasteiger charge is -2.42. The number of aromatic nitrogens is 2. The zero-order valence-corrected chi connectivity index (χ0v) is 19.4. The molecule has 160 valence electrons. The Morgan fingerprint density at radius 1 is 0.688 bits per heavy atom. The number of fused-ring (bicyclic) bond motifs is 2. The first-order chi connectivity index (χ1) is 15.7. The van der Waals surface area contributed by atoms with Gasteiger partial charge >= 0.3 is 0 Å². The van der Waals surface area contributed by atoms with E-state index in [1.54, 1.807) is 22.7 Å². The molecule has 0 aliphatic carbocycles. The maximum Gasteiger partial charge on any atom is 0.188 e. The fourth-order valence-electron chi connectivity index (χ4n) is 4.11. The number of hydrogen-bond acceptors (Lipinski definition) is 7. The van der Waals surface area contributed by atoms with E-state index in [0.29, 0.717) is 0 Å². The third-order valence-corrected chi connectivity index (χ3v) is 7.91. The van der Waals surface area contributed by atoms with Crippen LogP contribution in [0.5, 0.6) is 0 Å². The van der Waals surface area contributed by atoms with Crippen LogP contribution < -0.4 is 9.80 Å². The highest BCUT2D eigenvalue weighted by Crippen LogP contribution is 2.34. The molecule has 3 heterocycles. The summed E-state index contributed by atoms with van der Waals surface area (Å²) in [5.41, 5.74) is 4.75. The molecule has 3 aromatic carbocycles. The molecule has 5 aromatic rings. The molecule has 0 unspecified atom stereocenters. The molecule has 0 saturated carbocycles. The maximum absolute atomic E-state index is 4.93. The van der Waals surface area contributed by atoms with Crippen molar-refractivity contribution >= 4 is 53.4 Å². The van der Waals surface area contributed by atoms with Gasteiger partial charge in [-0.3, -0.25) is 4.90 Å². The highest BCUT2D eigenvalue weighted by atomic mass is 32.1. The first-order valence-electron chi connectivity index (χ1n) is 10.7. The standard InChI is InChI=1S/C25H23N5S2/c1-18-10-12-19(13-11-18)14-28-15-29(24-26-20-6-2-4-8-22(20)31-24)17-30(16-28)25-27-21-7-3-5-9-23(21)32-25/h2-13H,14-17H2,1H3. The van der Waals surface area contributed by atoms with Crippen molar-refractivity contribution in [2.75, 3.05) is 29.8 Å². The molecule has 1 saturated heterocycles. The maximum atomic E-state index is 4.93. The number of rotatable bonds is 4. The van der Waals surface area contributed by atoms with Crippen LogP contribution in [0.1, 0.15) is 11.1 Å². The van der Waals surface area contributed by atoms with Gasteiger partial charge in [0.05, 0.1) is 40.4 Å². The minimum Gasteiger partial charge on any atom is -0.317 e. The van der Waals surface area contributed by atoms with Crippen molar-refractivity contribution in [1.82, 2.24) is 14.9 Å². The second-order valence-electron chi connectivity index (χ2n) is 8.25. The van der Waals surface area contributed by atoms with Gasteiger partial charge in [0.1, 0.15) is 0 Å². The van der Waals surface area contributed by atoms with E-state index in [9.17, 15) is 0 Å². The molecule has 0 radical (unpaired) electrons. The van der Waals surface area contributed by atoms with Crippen LogP contribution >= 0.6 is 22.7 Å². The van der Waals surface area contributed by atoms with Gasteiger partial charge < -0.3 is 9.80 Å². The van der Waals surface area contributed by atoms with Crippen LogP contribution in [0.3, 0.4) is 0 Å². The van der Waals surface area contributed by atoms with Crippen LogP contribution in [0.4, 0.5) is 10.3 Å². The molecule has 0 spiro atoms. The van der Waals surface area contributed by atoms with Gasteiger partial charge in [-0.15, -0.1) is 0 Å². The largest absolute Gasteiger partial charge is 0.317 e. The number of anilines is 2. The van der Waals surface area contributed by atoms with Crippen molar-refractivity contribution in [2.24, 2.45) is 0 Å². The molecule has 0 amide bonds. The summed E-state index contributed by atoms with van der Waals surface area (Å²) in [6.07, 6.45) is 0. The zero-order chi connectivity index (χ0) is 21.5. The average Bonchev–Trinajstić information content (AvgIpc) is 3.45. The predicted octanol–water partition coefficient (Wildman–Crippen LogP) is 5.92. The summed E-state index contributed by atoms with van der Waals surface area (Å²) >= 11 is 3.52. The molecule has 32 heavy (non-hydrogen) atoms. The predicted molar refractivity (Wildman–Crippen MR) is 136 cm³/mol. The lowest BCUT2D eigenvalue weighted by molar-refractivity contribution is 0.234. The van der Waals surface area contributed by atoms with E-state index in [1.165, 1.54) is 20.5 Å². The van der Waals surface area contributed by atoms with E-state index in [-0.39, 0.29) is 0 Å². The number of aryl methyl sites for hydroxylation is 1. The molecule has 2 aromatic heterocycles. The zero-order valence-electron chi connectivity index (χ0n) is 17.8. The Morgan fingerprint density at radius 3 is 1.75 bits per heavy atom. The van der Waals surface area contributed by atoms with Crippen molar-refractivity contribution in [2.45, 2.75) is 13.5 Å². The molecule has 1 fully saturated rings. The van der Waals surface area contributed by atoms with Crippen molar-refractivity contribution in [3.05, 3.63) is 83.9 Å². The van der Waals surface area contributed by atoms with Gasteiger partial charge in [0.25, 0.3) is 0 Å². The first kappa shape index (κ1) is 19.7. The highest BCUT2D eigenvalue weighted by molar-refractivity contribution is 7.22. The van der Waals surface area contributed by atoms with E-state index in [0.717, 1.165) is 47.8 Å². The summed E-state index contributed by atoms with van der Waals surface area (Å²) < 4.78 is 2.45. The van der Waals surface area contributed by atoms with Crippen LogP contribution in [0.2, 0.25) is 0 Å². The fourth-order valence-corrected chi connectivity index (χ4v) is 6.01. The van der Waals surface area contributed by atoms with Gasteiger partial charge in [0, 0.05) is 6.54 Å². The van der Waals surface area contributed by atoms with Crippen LogP contribution in [0, 0.1) is 6.92 Å². The quantitative estimate of drug-likeness (QED) is 0.335. The third-order valence-electron chi connectivity index (χ3n) is 5.72. The van der Waals surface area contributed by atoms with Crippen LogP contribution in [-0.4, -0.2) is 34.9 Å². The topological polar surface area (TPSA) is 35.5 Å². The van der Waals surface area contributed by atoms with Crippen LogP contribution in [-0.2, 0) is 6.54 Å². The minimum atomic E-state index is 0.782. The second-order valence-corrected chi connectivity index (χ2v) is 10.3. The molecule has 7 heteroatoms. The molecule has 5 nitrogen and oxygen atoms in total. The van der Waals surface area contributed by atoms with E-state index >= 15 is 0 Å². The van der Waals surface area contributed by atoms with Gasteiger partial charge in [0.2, 0.25) is 0 Å². The summed E-state index contributed by atoms with van der Waals surface area (Å²) in [5, 5.41) is 2.12. The Bertz CT molecular complexity index is 1230. The van der Waals surface area contributed by atoms with Gasteiger partial charge in [-0.05, 0) is 36.8 Å². The average molecular weight is 458 g/mol. The molecule has 6 rings (SSSR count). The Morgan fingerprint density at radius 2 is 1.22 bits per heavy atom. The fraction of sp³-hybridized carbons (Fsp3) is 0.200. The molecule has 0 N–H and O–H groups in total. The lowest BCUT2D eigenvalue weighted by Crippen LogP contribution is -2.55.